The van der Waals surface area contributed by atoms with E-state index in [1.807, 2.05) is 30.3 Å². The van der Waals surface area contributed by atoms with E-state index < -0.39 is 11.9 Å². The lowest BCUT2D eigenvalue weighted by Crippen LogP contribution is -2.44. The fourth-order valence-corrected chi connectivity index (χ4v) is 2.28. The zero-order chi connectivity index (χ0) is 14.6. The highest BCUT2D eigenvalue weighted by Gasteiger charge is 2.40. The van der Waals surface area contributed by atoms with E-state index in [1.165, 1.54) is 7.11 Å². The van der Waals surface area contributed by atoms with Crippen LogP contribution in [0.4, 0.5) is 8.78 Å². The van der Waals surface area contributed by atoms with Crippen LogP contribution in [0.2, 0.25) is 0 Å². The number of carbonyl (C=O) groups excluding carboxylic acids is 1. The van der Waals surface area contributed by atoms with Gasteiger partial charge in [0, 0.05) is 24.7 Å². The lowest BCUT2D eigenvalue weighted by atomic mass is 9.99. The molecule has 108 valence electrons. The molecule has 0 saturated carbocycles. The van der Waals surface area contributed by atoms with Gasteiger partial charge in [-0.1, -0.05) is 30.3 Å². The molecule has 1 saturated heterocycles. The topological polar surface area (TPSA) is 29.5 Å². The average Bonchev–Trinajstić information content (AvgIpc) is 2.42. The molecule has 0 spiro atoms. The molecule has 1 aliphatic rings. The standard InChI is InChI=1S/C15H17F2NO2/c1-20-14(19)9-13-7-8-18(11-15(13,16)17)10-12-5-3-2-4-6-12/h2-6,9H,7-8,10-11H2,1H3/b13-9-. The Bertz CT molecular complexity index is 500. The summed E-state index contributed by atoms with van der Waals surface area (Å²) in [6.07, 6.45) is 1.09. The number of halogens is 2. The van der Waals surface area contributed by atoms with Gasteiger partial charge in [-0.2, -0.15) is 0 Å². The van der Waals surface area contributed by atoms with E-state index >= 15 is 0 Å². The van der Waals surface area contributed by atoms with Crippen LogP contribution in [-0.4, -0.2) is 37.0 Å². The average molecular weight is 281 g/mol. The lowest BCUT2D eigenvalue weighted by molar-refractivity contribution is -0.135. The van der Waals surface area contributed by atoms with E-state index in [2.05, 4.69) is 4.74 Å². The monoisotopic (exact) mass is 281 g/mol. The van der Waals surface area contributed by atoms with Crippen molar-refractivity contribution >= 4 is 5.97 Å². The van der Waals surface area contributed by atoms with Crippen molar-refractivity contribution < 1.29 is 18.3 Å². The van der Waals surface area contributed by atoms with Crippen molar-refractivity contribution in [2.24, 2.45) is 0 Å². The number of methoxy groups -OCH3 is 1. The van der Waals surface area contributed by atoms with Crippen molar-refractivity contribution in [1.29, 1.82) is 0 Å². The Kier molecular flexibility index (Phi) is 4.49. The van der Waals surface area contributed by atoms with Crippen LogP contribution in [0.5, 0.6) is 0 Å². The number of rotatable bonds is 3. The van der Waals surface area contributed by atoms with Crippen LogP contribution in [0, 0.1) is 0 Å². The Hall–Kier alpha value is -1.75. The third-order valence-corrected chi connectivity index (χ3v) is 3.33. The van der Waals surface area contributed by atoms with Gasteiger partial charge in [0.1, 0.15) is 0 Å². The number of hydrogen-bond donors (Lipinski definition) is 0. The van der Waals surface area contributed by atoms with Crippen molar-refractivity contribution in [3.8, 4) is 0 Å². The van der Waals surface area contributed by atoms with Gasteiger partial charge in [0.15, 0.2) is 0 Å². The van der Waals surface area contributed by atoms with E-state index in [-0.39, 0.29) is 18.5 Å². The predicted molar refractivity (Wildman–Crippen MR) is 71.4 cm³/mol. The quantitative estimate of drug-likeness (QED) is 0.630. The first-order chi connectivity index (χ1) is 9.51. The van der Waals surface area contributed by atoms with Crippen LogP contribution >= 0.6 is 0 Å². The smallest absolute Gasteiger partial charge is 0.330 e. The molecule has 2 rings (SSSR count). The Morgan fingerprint density at radius 2 is 2.10 bits per heavy atom. The molecule has 3 nitrogen and oxygen atoms in total. The SMILES string of the molecule is COC(=O)/C=C1/CCN(Cc2ccccc2)CC1(F)F. The summed E-state index contributed by atoms with van der Waals surface area (Å²) in [5, 5.41) is 0. The number of nitrogens with zero attached hydrogens (tertiary/aromatic N) is 1. The number of piperidine rings is 1. The number of benzene rings is 1. The summed E-state index contributed by atoms with van der Waals surface area (Å²) in [4.78, 5) is 12.8. The first-order valence-corrected chi connectivity index (χ1v) is 6.44. The van der Waals surface area contributed by atoms with E-state index in [4.69, 9.17) is 0 Å². The number of hydrogen-bond acceptors (Lipinski definition) is 3. The molecule has 1 aromatic rings. The third kappa shape index (κ3) is 3.63. The fourth-order valence-electron chi connectivity index (χ4n) is 2.28. The van der Waals surface area contributed by atoms with Crippen LogP contribution in [0.1, 0.15) is 12.0 Å². The van der Waals surface area contributed by atoms with Crippen LogP contribution in [0.25, 0.3) is 0 Å². The Morgan fingerprint density at radius 1 is 1.40 bits per heavy atom. The minimum absolute atomic E-state index is 0.145. The second-order valence-corrected chi connectivity index (χ2v) is 4.84. The number of ether oxygens (including phenoxy) is 1. The number of alkyl halides is 2. The van der Waals surface area contributed by atoms with E-state index in [0.29, 0.717) is 13.1 Å². The summed E-state index contributed by atoms with van der Waals surface area (Å²) in [5.74, 6) is -3.71. The first kappa shape index (κ1) is 14.7. The Labute approximate surface area is 116 Å². The number of likely N-dealkylation sites (tertiary alicyclic amines) is 1. The summed E-state index contributed by atoms with van der Waals surface area (Å²) < 4.78 is 32.4. The Morgan fingerprint density at radius 3 is 2.70 bits per heavy atom. The molecule has 0 aliphatic carbocycles. The third-order valence-electron chi connectivity index (χ3n) is 3.33. The second-order valence-electron chi connectivity index (χ2n) is 4.84. The maximum Gasteiger partial charge on any atom is 0.330 e. The maximum absolute atomic E-state index is 14.0. The summed E-state index contributed by atoms with van der Waals surface area (Å²) in [6.45, 7) is 0.625. The second kappa shape index (κ2) is 6.13. The minimum Gasteiger partial charge on any atom is -0.466 e. The minimum atomic E-state index is -2.98. The van der Waals surface area contributed by atoms with Gasteiger partial charge in [0.05, 0.1) is 13.7 Å². The van der Waals surface area contributed by atoms with Crippen molar-refractivity contribution in [2.45, 2.75) is 18.9 Å². The highest BCUT2D eigenvalue weighted by Crippen LogP contribution is 2.32. The lowest BCUT2D eigenvalue weighted by Gasteiger charge is -2.34. The molecule has 0 aromatic heterocycles. The molecular weight excluding hydrogens is 264 g/mol. The van der Waals surface area contributed by atoms with Gasteiger partial charge in [-0.25, -0.2) is 13.6 Å². The fraction of sp³-hybridized carbons (Fsp3) is 0.400. The molecule has 0 amide bonds. The molecule has 0 N–H and O–H groups in total. The van der Waals surface area contributed by atoms with Gasteiger partial charge >= 0.3 is 5.97 Å². The van der Waals surface area contributed by atoms with Crippen LogP contribution < -0.4 is 0 Å². The normalized spacial score (nSPS) is 20.9. The molecule has 5 heteroatoms. The molecule has 0 bridgehead atoms. The van der Waals surface area contributed by atoms with Gasteiger partial charge < -0.3 is 4.74 Å². The van der Waals surface area contributed by atoms with Crippen LogP contribution in [0.3, 0.4) is 0 Å². The number of esters is 1. The van der Waals surface area contributed by atoms with Crippen molar-refractivity contribution in [3.05, 3.63) is 47.5 Å². The molecule has 20 heavy (non-hydrogen) atoms. The summed E-state index contributed by atoms with van der Waals surface area (Å²) in [7, 11) is 1.18. The Balaban J connectivity index is 2.03. The largest absolute Gasteiger partial charge is 0.466 e. The van der Waals surface area contributed by atoms with Crippen molar-refractivity contribution in [3.63, 3.8) is 0 Å². The van der Waals surface area contributed by atoms with Gasteiger partial charge in [0.2, 0.25) is 0 Å². The maximum atomic E-state index is 14.0. The molecule has 0 unspecified atom stereocenters. The van der Waals surface area contributed by atoms with Gasteiger partial charge in [-0.15, -0.1) is 0 Å². The molecule has 1 aliphatic heterocycles. The molecular formula is C15H17F2NO2. The number of carbonyl (C=O) groups is 1. The molecule has 0 atom stereocenters. The first-order valence-electron chi connectivity index (χ1n) is 6.44. The molecule has 1 fully saturated rings. The molecule has 1 heterocycles. The highest BCUT2D eigenvalue weighted by atomic mass is 19.3. The van der Waals surface area contributed by atoms with E-state index in [0.717, 1.165) is 11.6 Å². The summed E-state index contributed by atoms with van der Waals surface area (Å²) in [6, 6.07) is 9.50. The zero-order valence-corrected chi connectivity index (χ0v) is 11.3. The highest BCUT2D eigenvalue weighted by molar-refractivity contribution is 5.83. The van der Waals surface area contributed by atoms with Crippen LogP contribution in [0.15, 0.2) is 42.0 Å². The van der Waals surface area contributed by atoms with E-state index in [9.17, 15) is 13.6 Å². The van der Waals surface area contributed by atoms with Gasteiger partial charge in [-0.3, -0.25) is 4.90 Å². The molecule has 1 aromatic carbocycles. The summed E-state index contributed by atoms with van der Waals surface area (Å²) >= 11 is 0. The van der Waals surface area contributed by atoms with Crippen LogP contribution in [-0.2, 0) is 16.1 Å². The van der Waals surface area contributed by atoms with Gasteiger partial charge in [-0.05, 0) is 12.0 Å². The van der Waals surface area contributed by atoms with Crippen molar-refractivity contribution in [1.82, 2.24) is 4.90 Å². The summed E-state index contributed by atoms with van der Waals surface area (Å²) in [5.41, 5.74) is 0.859. The predicted octanol–water partition coefficient (Wildman–Crippen LogP) is 2.63. The van der Waals surface area contributed by atoms with Crippen molar-refractivity contribution in [2.75, 3.05) is 20.2 Å². The zero-order valence-electron chi connectivity index (χ0n) is 11.3. The van der Waals surface area contributed by atoms with Gasteiger partial charge in [0.25, 0.3) is 5.92 Å². The van der Waals surface area contributed by atoms with E-state index in [1.54, 1.807) is 4.90 Å². The molecule has 0 radical (unpaired) electrons.